The number of thiazole rings is 1. The lowest BCUT2D eigenvalue weighted by Gasteiger charge is -2.24. The minimum Gasteiger partial charge on any atom is -0.493 e. The van der Waals surface area contributed by atoms with Crippen molar-refractivity contribution >= 4 is 39.3 Å². The summed E-state index contributed by atoms with van der Waals surface area (Å²) in [5, 5.41) is 0. The van der Waals surface area contributed by atoms with E-state index in [9.17, 15) is 9.59 Å². The maximum Gasteiger partial charge on any atom is 0.338 e. The molecule has 2 aromatic carbocycles. The van der Waals surface area contributed by atoms with Gasteiger partial charge in [-0.2, -0.15) is 0 Å². The number of hydrogen-bond donors (Lipinski definition) is 0. The summed E-state index contributed by atoms with van der Waals surface area (Å²) in [6.45, 7) is 6.31. The van der Waals surface area contributed by atoms with Crippen molar-refractivity contribution in [2.75, 3.05) is 20.0 Å². The molecule has 0 saturated heterocycles. The smallest absolute Gasteiger partial charge is 0.338 e. The zero-order chi connectivity index (χ0) is 25.4. The van der Waals surface area contributed by atoms with Gasteiger partial charge in [-0.25, -0.2) is 9.79 Å². The fourth-order valence-corrected chi connectivity index (χ4v) is 5.78. The molecule has 1 aromatic heterocycles. The number of fused-ring (bicyclic) bond motifs is 2. The third-order valence-electron chi connectivity index (χ3n) is 5.78. The molecule has 0 radical (unpaired) electrons. The lowest BCUT2D eigenvalue weighted by Crippen LogP contribution is -2.39. The average molecular weight is 571 g/mol. The quantitative estimate of drug-likeness (QED) is 0.420. The van der Waals surface area contributed by atoms with E-state index in [0.717, 1.165) is 15.8 Å². The molecule has 3 heterocycles. The first-order valence-electron chi connectivity index (χ1n) is 11.4. The zero-order valence-electron chi connectivity index (χ0n) is 19.9. The highest BCUT2D eigenvalue weighted by molar-refractivity contribution is 9.10. The lowest BCUT2D eigenvalue weighted by atomic mass is 9.95. The molecule has 2 aliphatic heterocycles. The van der Waals surface area contributed by atoms with Gasteiger partial charge in [-0.15, -0.1) is 0 Å². The first kappa shape index (κ1) is 24.3. The second-order valence-corrected chi connectivity index (χ2v) is 9.90. The minimum absolute atomic E-state index is 0.124. The Morgan fingerprint density at radius 1 is 1.19 bits per heavy atom. The molecule has 3 aromatic rings. The van der Waals surface area contributed by atoms with E-state index in [-0.39, 0.29) is 19.0 Å². The van der Waals surface area contributed by atoms with E-state index >= 15 is 0 Å². The second-order valence-electron chi connectivity index (χ2n) is 8.04. The molecule has 8 nitrogen and oxygen atoms in total. The van der Waals surface area contributed by atoms with Crippen molar-refractivity contribution in [3.63, 3.8) is 0 Å². The number of benzene rings is 2. The molecule has 36 heavy (non-hydrogen) atoms. The molecule has 5 rings (SSSR count). The molecule has 0 aliphatic carbocycles. The van der Waals surface area contributed by atoms with Crippen molar-refractivity contribution in [1.29, 1.82) is 0 Å². The molecule has 0 unspecified atom stereocenters. The topological polar surface area (TPSA) is 88.4 Å². The molecule has 2 aliphatic rings. The number of hydrogen-bond acceptors (Lipinski definition) is 8. The number of carbonyl (C=O) groups is 1. The van der Waals surface area contributed by atoms with Crippen LogP contribution in [0.5, 0.6) is 17.2 Å². The van der Waals surface area contributed by atoms with E-state index in [1.165, 1.54) is 11.3 Å². The first-order chi connectivity index (χ1) is 17.4. The van der Waals surface area contributed by atoms with Crippen LogP contribution in [0.4, 0.5) is 0 Å². The standard InChI is InChI=1S/C26H23BrN2O6S/c1-4-32-18-8-6-15(10-17(18)27)11-21-24(30)29-23(16-7-9-19-20(12-16)35-13-34-19)22(25(31)33-5-2)14(3)28-26(29)36-21/h6-12,23H,4-5,13H2,1-3H3/b21-11-/t23-/m1/s1. The van der Waals surface area contributed by atoms with Gasteiger partial charge in [0.2, 0.25) is 6.79 Å². The number of halogens is 1. The molecule has 0 amide bonds. The molecule has 186 valence electrons. The van der Waals surface area contributed by atoms with Crippen LogP contribution in [0.25, 0.3) is 6.08 Å². The van der Waals surface area contributed by atoms with Crippen LogP contribution in [-0.4, -0.2) is 30.5 Å². The molecule has 0 N–H and O–H groups in total. The number of nitrogens with zero attached hydrogens (tertiary/aromatic N) is 2. The Kier molecular flexibility index (Phi) is 6.72. The van der Waals surface area contributed by atoms with Crippen LogP contribution in [0.1, 0.15) is 37.9 Å². The Morgan fingerprint density at radius 3 is 2.75 bits per heavy atom. The van der Waals surface area contributed by atoms with Crippen molar-refractivity contribution in [3.05, 3.63) is 83.0 Å². The van der Waals surface area contributed by atoms with Crippen LogP contribution < -0.4 is 29.1 Å². The van der Waals surface area contributed by atoms with Gasteiger partial charge in [0.15, 0.2) is 16.3 Å². The third-order valence-corrected chi connectivity index (χ3v) is 7.39. The number of esters is 1. The predicted octanol–water partition coefficient (Wildman–Crippen LogP) is 3.69. The third kappa shape index (κ3) is 4.35. The molecule has 0 fully saturated rings. The maximum atomic E-state index is 13.7. The van der Waals surface area contributed by atoms with Crippen molar-refractivity contribution in [2.24, 2.45) is 4.99 Å². The van der Waals surface area contributed by atoms with Crippen LogP contribution in [0.15, 0.2) is 61.9 Å². The lowest BCUT2D eigenvalue weighted by molar-refractivity contribution is -0.139. The number of aromatic nitrogens is 1. The largest absolute Gasteiger partial charge is 0.493 e. The van der Waals surface area contributed by atoms with Crippen LogP contribution in [0, 0.1) is 0 Å². The number of rotatable bonds is 6. The van der Waals surface area contributed by atoms with Gasteiger partial charge in [0, 0.05) is 0 Å². The minimum atomic E-state index is -0.719. The normalized spacial score (nSPS) is 16.6. The number of carbonyl (C=O) groups excluding carboxylic acids is 1. The van der Waals surface area contributed by atoms with Crippen molar-refractivity contribution in [3.8, 4) is 17.2 Å². The summed E-state index contributed by atoms with van der Waals surface area (Å²) in [6.07, 6.45) is 1.81. The van der Waals surface area contributed by atoms with Crippen molar-refractivity contribution in [2.45, 2.75) is 26.8 Å². The van der Waals surface area contributed by atoms with Gasteiger partial charge in [0.25, 0.3) is 5.56 Å². The van der Waals surface area contributed by atoms with Crippen molar-refractivity contribution in [1.82, 2.24) is 4.57 Å². The van der Waals surface area contributed by atoms with Crippen LogP contribution >= 0.6 is 27.3 Å². The van der Waals surface area contributed by atoms with Crippen LogP contribution in [-0.2, 0) is 9.53 Å². The van der Waals surface area contributed by atoms with Gasteiger partial charge in [0.05, 0.1) is 39.5 Å². The van der Waals surface area contributed by atoms with E-state index in [1.807, 2.05) is 37.3 Å². The number of allylic oxidation sites excluding steroid dienone is 1. The Balaban J connectivity index is 1.67. The monoisotopic (exact) mass is 570 g/mol. The molecule has 0 bridgehead atoms. The maximum absolute atomic E-state index is 13.7. The Hall–Kier alpha value is -3.37. The summed E-state index contributed by atoms with van der Waals surface area (Å²) in [5.74, 6) is 1.40. The van der Waals surface area contributed by atoms with E-state index in [1.54, 1.807) is 30.5 Å². The van der Waals surface area contributed by atoms with E-state index < -0.39 is 12.0 Å². The Morgan fingerprint density at radius 2 is 2.00 bits per heavy atom. The zero-order valence-corrected chi connectivity index (χ0v) is 22.3. The highest BCUT2D eigenvalue weighted by atomic mass is 79.9. The van der Waals surface area contributed by atoms with Crippen LogP contribution in [0.2, 0.25) is 0 Å². The van der Waals surface area contributed by atoms with Gasteiger partial charge < -0.3 is 18.9 Å². The summed E-state index contributed by atoms with van der Waals surface area (Å²) in [6, 6.07) is 10.3. The Labute approximate surface area is 219 Å². The highest BCUT2D eigenvalue weighted by Crippen LogP contribution is 2.38. The number of ether oxygens (including phenoxy) is 4. The van der Waals surface area contributed by atoms with E-state index in [4.69, 9.17) is 18.9 Å². The summed E-state index contributed by atoms with van der Waals surface area (Å²) < 4.78 is 24.8. The SMILES string of the molecule is CCOC(=O)C1=C(C)N=c2s/c(=C\c3ccc(OCC)c(Br)c3)c(=O)n2[C@@H]1c1ccc2c(c1)OCO2. The highest BCUT2D eigenvalue weighted by Gasteiger charge is 2.34. The fraction of sp³-hybridized carbons (Fsp3) is 0.269. The van der Waals surface area contributed by atoms with Gasteiger partial charge in [-0.1, -0.05) is 23.5 Å². The fourth-order valence-electron chi connectivity index (χ4n) is 4.22. The van der Waals surface area contributed by atoms with Crippen molar-refractivity contribution < 1.29 is 23.7 Å². The summed E-state index contributed by atoms with van der Waals surface area (Å²) >= 11 is 4.80. The summed E-state index contributed by atoms with van der Waals surface area (Å²) in [5.41, 5.74) is 2.11. The van der Waals surface area contributed by atoms with Gasteiger partial charge in [0.1, 0.15) is 5.75 Å². The van der Waals surface area contributed by atoms with E-state index in [0.29, 0.717) is 44.3 Å². The first-order valence-corrected chi connectivity index (χ1v) is 13.0. The van der Waals surface area contributed by atoms with Crippen LogP contribution in [0.3, 0.4) is 0 Å². The van der Waals surface area contributed by atoms with Gasteiger partial charge in [-0.3, -0.25) is 9.36 Å². The molecular weight excluding hydrogens is 548 g/mol. The second kappa shape index (κ2) is 9.94. The molecule has 10 heteroatoms. The van der Waals surface area contributed by atoms with Gasteiger partial charge >= 0.3 is 5.97 Å². The molecular formula is C26H23BrN2O6S. The molecule has 0 spiro atoms. The summed E-state index contributed by atoms with van der Waals surface area (Å²) in [7, 11) is 0. The molecule has 0 saturated carbocycles. The summed E-state index contributed by atoms with van der Waals surface area (Å²) in [4.78, 5) is 31.9. The Bertz CT molecular complexity index is 1570. The van der Waals surface area contributed by atoms with Gasteiger partial charge in [-0.05, 0) is 78.2 Å². The average Bonchev–Trinajstić information content (AvgIpc) is 3.44. The van der Waals surface area contributed by atoms with E-state index in [2.05, 4.69) is 20.9 Å². The predicted molar refractivity (Wildman–Crippen MR) is 138 cm³/mol. The molecule has 1 atom stereocenters.